The Kier molecular flexibility index (Phi) is 3.97. The van der Waals surface area contributed by atoms with Gasteiger partial charge < -0.3 is 10.1 Å². The average Bonchev–Trinajstić information content (AvgIpc) is 2.82. The topological polar surface area (TPSA) is 75.7 Å². The maximum absolute atomic E-state index is 13.5. The molecule has 1 aliphatic heterocycles. The smallest absolute Gasteiger partial charge is 0.324 e. The summed E-state index contributed by atoms with van der Waals surface area (Å²) in [6.07, 6.45) is 0. The van der Waals surface area contributed by atoms with Gasteiger partial charge in [0.2, 0.25) is 0 Å². The molecule has 7 heteroatoms. The predicted octanol–water partition coefficient (Wildman–Crippen LogP) is 0.959. The molecular weight excluding hydrogens is 267 g/mol. The number of ether oxygens (including phenoxy) is 1. The van der Waals surface area contributed by atoms with Crippen LogP contribution in [0.4, 0.5) is 9.18 Å². The number of nitrogens with one attached hydrogen (secondary N) is 1. The summed E-state index contributed by atoms with van der Waals surface area (Å²) < 4.78 is 18.6. The number of amides is 3. The Morgan fingerprint density at radius 3 is 2.75 bits per heavy atom. The molecular formula is C13H13FN2O4. The lowest BCUT2D eigenvalue weighted by atomic mass is 10.1. The number of hydrogen-bond acceptors (Lipinski definition) is 4. The first-order chi connectivity index (χ1) is 9.49. The summed E-state index contributed by atoms with van der Waals surface area (Å²) in [5, 5.41) is 2.49. The molecule has 20 heavy (non-hydrogen) atoms. The van der Waals surface area contributed by atoms with Crippen LogP contribution in [-0.2, 0) is 4.79 Å². The van der Waals surface area contributed by atoms with Gasteiger partial charge in [-0.2, -0.15) is 0 Å². The van der Waals surface area contributed by atoms with E-state index in [0.717, 1.165) is 11.0 Å². The minimum atomic E-state index is -0.707. The van der Waals surface area contributed by atoms with Crippen LogP contribution in [0.1, 0.15) is 17.3 Å². The van der Waals surface area contributed by atoms with Crippen molar-refractivity contribution in [1.29, 1.82) is 0 Å². The highest BCUT2D eigenvalue weighted by Gasteiger charge is 2.26. The second-order valence-electron chi connectivity index (χ2n) is 4.26. The van der Waals surface area contributed by atoms with Gasteiger partial charge in [-0.05, 0) is 19.1 Å². The number of nitrogens with zero attached hydrogens (tertiary/aromatic N) is 1. The molecule has 0 aliphatic carbocycles. The molecule has 0 saturated carbocycles. The van der Waals surface area contributed by atoms with Gasteiger partial charge in [0.1, 0.15) is 11.6 Å². The molecule has 1 saturated heterocycles. The van der Waals surface area contributed by atoms with Gasteiger partial charge in [0.05, 0.1) is 5.56 Å². The Morgan fingerprint density at radius 1 is 1.45 bits per heavy atom. The summed E-state index contributed by atoms with van der Waals surface area (Å²) in [4.78, 5) is 35.0. The van der Waals surface area contributed by atoms with Crippen LogP contribution in [0.2, 0.25) is 0 Å². The molecule has 2 rings (SSSR count). The number of Topliss-reactive ketones (excluding diaryl/α,β-unsaturated/α-hetero) is 1. The van der Waals surface area contributed by atoms with E-state index in [1.54, 1.807) is 0 Å². The van der Waals surface area contributed by atoms with Crippen molar-refractivity contribution < 1.29 is 23.5 Å². The van der Waals surface area contributed by atoms with E-state index in [1.165, 1.54) is 19.1 Å². The Morgan fingerprint density at radius 2 is 2.20 bits per heavy atom. The second kappa shape index (κ2) is 5.68. The van der Waals surface area contributed by atoms with Crippen LogP contribution in [0.25, 0.3) is 0 Å². The molecule has 106 valence electrons. The normalized spacial score (nSPS) is 14.1. The number of urea groups is 1. The quantitative estimate of drug-likeness (QED) is 0.833. The number of hydrogen-bond donors (Lipinski definition) is 1. The molecule has 1 aromatic carbocycles. The van der Waals surface area contributed by atoms with Gasteiger partial charge >= 0.3 is 6.03 Å². The molecule has 1 aromatic rings. The van der Waals surface area contributed by atoms with E-state index in [9.17, 15) is 18.8 Å². The van der Waals surface area contributed by atoms with Crippen molar-refractivity contribution in [2.75, 3.05) is 19.7 Å². The number of benzene rings is 1. The second-order valence-corrected chi connectivity index (χ2v) is 4.26. The SMILES string of the molecule is CC(=O)c1ccc(OCC(=O)N2CCNC2=O)cc1F. The first-order valence-electron chi connectivity index (χ1n) is 6.00. The Labute approximate surface area is 114 Å². The zero-order chi connectivity index (χ0) is 14.7. The summed E-state index contributed by atoms with van der Waals surface area (Å²) >= 11 is 0. The van der Waals surface area contributed by atoms with E-state index in [-0.39, 0.29) is 23.7 Å². The van der Waals surface area contributed by atoms with Gasteiger partial charge in [0.25, 0.3) is 5.91 Å². The summed E-state index contributed by atoms with van der Waals surface area (Å²) in [5.41, 5.74) is -0.0393. The monoisotopic (exact) mass is 280 g/mol. The van der Waals surface area contributed by atoms with Gasteiger partial charge in [-0.3, -0.25) is 14.5 Å². The van der Waals surface area contributed by atoms with Gasteiger partial charge in [-0.15, -0.1) is 0 Å². The fourth-order valence-electron chi connectivity index (χ4n) is 1.80. The molecule has 1 N–H and O–H groups in total. The van der Waals surface area contributed by atoms with Gasteiger partial charge in [0.15, 0.2) is 12.4 Å². The zero-order valence-electron chi connectivity index (χ0n) is 10.8. The highest BCUT2D eigenvalue weighted by Crippen LogP contribution is 2.17. The molecule has 0 spiro atoms. The summed E-state index contributed by atoms with van der Waals surface area (Å²) in [6, 6.07) is 3.27. The molecule has 0 atom stereocenters. The van der Waals surface area contributed by atoms with E-state index >= 15 is 0 Å². The fraction of sp³-hybridized carbons (Fsp3) is 0.308. The lowest BCUT2D eigenvalue weighted by molar-refractivity contribution is -0.129. The first-order valence-corrected chi connectivity index (χ1v) is 6.00. The minimum absolute atomic E-state index is 0.0393. The van der Waals surface area contributed by atoms with Crippen LogP contribution >= 0.6 is 0 Å². The van der Waals surface area contributed by atoms with Gasteiger partial charge in [-0.1, -0.05) is 0 Å². The summed E-state index contributed by atoms with van der Waals surface area (Å²) in [6.45, 7) is 1.59. The minimum Gasteiger partial charge on any atom is -0.484 e. The molecule has 0 unspecified atom stereocenters. The van der Waals surface area contributed by atoms with Crippen LogP contribution in [0.3, 0.4) is 0 Å². The molecule has 0 aromatic heterocycles. The molecule has 0 radical (unpaired) electrons. The van der Waals surface area contributed by atoms with Crippen LogP contribution in [0.5, 0.6) is 5.75 Å². The third kappa shape index (κ3) is 2.93. The third-order valence-corrected chi connectivity index (χ3v) is 2.84. The molecule has 1 aliphatic rings. The number of carbonyl (C=O) groups is 3. The van der Waals surface area contributed by atoms with Crippen molar-refractivity contribution in [2.24, 2.45) is 0 Å². The third-order valence-electron chi connectivity index (χ3n) is 2.84. The van der Waals surface area contributed by atoms with Crippen LogP contribution in [0.15, 0.2) is 18.2 Å². The van der Waals surface area contributed by atoms with Crippen molar-refractivity contribution in [1.82, 2.24) is 10.2 Å². The Bertz CT molecular complexity index is 573. The van der Waals surface area contributed by atoms with Crippen LogP contribution in [0, 0.1) is 5.82 Å². The molecule has 0 bridgehead atoms. The van der Waals surface area contributed by atoms with E-state index in [0.29, 0.717) is 13.1 Å². The van der Waals surface area contributed by atoms with Crippen molar-refractivity contribution >= 4 is 17.7 Å². The van der Waals surface area contributed by atoms with E-state index in [4.69, 9.17) is 4.74 Å². The van der Waals surface area contributed by atoms with E-state index < -0.39 is 17.8 Å². The highest BCUT2D eigenvalue weighted by molar-refractivity contribution is 5.96. The summed E-state index contributed by atoms with van der Waals surface area (Å²) in [5.74, 6) is -1.48. The van der Waals surface area contributed by atoms with E-state index in [1.807, 2.05) is 0 Å². The average molecular weight is 280 g/mol. The Balaban J connectivity index is 1.97. The molecule has 6 nitrogen and oxygen atoms in total. The van der Waals surface area contributed by atoms with Crippen LogP contribution in [-0.4, -0.2) is 42.3 Å². The number of carbonyl (C=O) groups excluding carboxylic acids is 3. The number of halogens is 1. The number of imide groups is 1. The van der Waals surface area contributed by atoms with Crippen molar-refractivity contribution in [3.8, 4) is 5.75 Å². The highest BCUT2D eigenvalue weighted by atomic mass is 19.1. The first kappa shape index (κ1) is 14.0. The largest absolute Gasteiger partial charge is 0.484 e. The van der Waals surface area contributed by atoms with Crippen molar-refractivity contribution in [2.45, 2.75) is 6.92 Å². The maximum atomic E-state index is 13.5. The standard InChI is InChI=1S/C13H13FN2O4/c1-8(17)10-3-2-9(6-11(10)14)20-7-12(18)16-5-4-15-13(16)19/h2-3,6H,4-5,7H2,1H3,(H,15,19). The lowest BCUT2D eigenvalue weighted by Crippen LogP contribution is -2.37. The maximum Gasteiger partial charge on any atom is 0.324 e. The summed E-state index contributed by atoms with van der Waals surface area (Å²) in [7, 11) is 0. The predicted molar refractivity (Wildman–Crippen MR) is 67.0 cm³/mol. The van der Waals surface area contributed by atoms with Crippen LogP contribution < -0.4 is 10.1 Å². The van der Waals surface area contributed by atoms with Gasteiger partial charge in [0, 0.05) is 19.2 Å². The van der Waals surface area contributed by atoms with Gasteiger partial charge in [-0.25, -0.2) is 9.18 Å². The van der Waals surface area contributed by atoms with E-state index in [2.05, 4.69) is 5.32 Å². The Hall–Kier alpha value is -2.44. The molecule has 3 amide bonds. The molecule has 1 heterocycles. The molecule has 1 fully saturated rings. The van der Waals surface area contributed by atoms with Crippen molar-refractivity contribution in [3.05, 3.63) is 29.6 Å². The fourth-order valence-corrected chi connectivity index (χ4v) is 1.80. The zero-order valence-corrected chi connectivity index (χ0v) is 10.8. The van der Waals surface area contributed by atoms with Crippen molar-refractivity contribution in [3.63, 3.8) is 0 Å². The number of ketones is 1. The lowest BCUT2D eigenvalue weighted by Gasteiger charge is -2.13. The number of rotatable bonds is 4.